The summed E-state index contributed by atoms with van der Waals surface area (Å²) in [5, 5.41) is 3.45. The van der Waals surface area contributed by atoms with Crippen LogP contribution >= 0.6 is 0 Å². The molecule has 0 unspecified atom stereocenters. The highest BCUT2D eigenvalue weighted by Gasteiger charge is 2.21. The number of rotatable bonds is 4. The van der Waals surface area contributed by atoms with Crippen molar-refractivity contribution in [2.24, 2.45) is 0 Å². The highest BCUT2D eigenvalue weighted by molar-refractivity contribution is 5.33. The van der Waals surface area contributed by atoms with Crippen molar-refractivity contribution in [3.8, 4) is 0 Å². The van der Waals surface area contributed by atoms with Crippen molar-refractivity contribution in [2.75, 3.05) is 13.6 Å². The quantitative estimate of drug-likeness (QED) is 0.878. The maximum Gasteiger partial charge on any atom is 0.0236 e. The first-order chi connectivity index (χ1) is 8.53. The summed E-state index contributed by atoms with van der Waals surface area (Å²) >= 11 is 0. The van der Waals surface area contributed by atoms with Gasteiger partial charge in [0, 0.05) is 18.6 Å². The molecule has 2 nitrogen and oxygen atoms in total. The second kappa shape index (κ2) is 5.41. The van der Waals surface area contributed by atoms with Crippen molar-refractivity contribution >= 4 is 0 Å². The van der Waals surface area contributed by atoms with Crippen molar-refractivity contribution in [3.05, 3.63) is 34.9 Å². The zero-order valence-electron chi connectivity index (χ0n) is 12.2. The van der Waals surface area contributed by atoms with E-state index in [0.29, 0.717) is 0 Å². The van der Waals surface area contributed by atoms with E-state index in [9.17, 15) is 0 Å². The second-order valence-electron chi connectivity index (χ2n) is 6.05. The molecule has 0 aliphatic carbocycles. The Morgan fingerprint density at radius 2 is 2.06 bits per heavy atom. The minimum Gasteiger partial charge on any atom is -0.312 e. The molecule has 18 heavy (non-hydrogen) atoms. The van der Waals surface area contributed by atoms with Crippen LogP contribution in [0.2, 0.25) is 0 Å². The lowest BCUT2D eigenvalue weighted by Gasteiger charge is -2.35. The molecule has 1 aromatic carbocycles. The molecule has 0 spiro atoms. The number of benzene rings is 1. The van der Waals surface area contributed by atoms with Crippen LogP contribution in [-0.2, 0) is 19.5 Å². The van der Waals surface area contributed by atoms with Gasteiger partial charge in [-0.3, -0.25) is 4.90 Å². The van der Waals surface area contributed by atoms with Crippen LogP contribution in [0.5, 0.6) is 0 Å². The topological polar surface area (TPSA) is 15.3 Å². The molecule has 1 N–H and O–H groups in total. The average Bonchev–Trinajstić information content (AvgIpc) is 2.38. The van der Waals surface area contributed by atoms with Gasteiger partial charge < -0.3 is 5.32 Å². The van der Waals surface area contributed by atoms with Crippen molar-refractivity contribution in [3.63, 3.8) is 0 Å². The molecule has 1 aromatic rings. The Morgan fingerprint density at radius 1 is 1.28 bits per heavy atom. The third-order valence-corrected chi connectivity index (χ3v) is 4.48. The first kappa shape index (κ1) is 13.6. The first-order valence-corrected chi connectivity index (χ1v) is 7.05. The lowest BCUT2D eigenvalue weighted by atomic mass is 9.96. The fraction of sp³-hybridized carbons (Fsp3) is 0.625. The predicted molar refractivity (Wildman–Crippen MR) is 77.7 cm³/mol. The van der Waals surface area contributed by atoms with Crippen LogP contribution in [0.25, 0.3) is 0 Å². The van der Waals surface area contributed by atoms with Gasteiger partial charge in [0.1, 0.15) is 0 Å². The normalized spacial score (nSPS) is 15.8. The minimum absolute atomic E-state index is 0.272. The first-order valence-electron chi connectivity index (χ1n) is 7.05. The summed E-state index contributed by atoms with van der Waals surface area (Å²) in [6.07, 6.45) is 2.35. The molecule has 0 aromatic heterocycles. The van der Waals surface area contributed by atoms with Crippen LogP contribution in [0.1, 0.15) is 43.9 Å². The predicted octanol–water partition coefficient (Wildman–Crippen LogP) is 2.95. The van der Waals surface area contributed by atoms with Gasteiger partial charge in [-0.15, -0.1) is 0 Å². The van der Waals surface area contributed by atoms with Crippen LogP contribution in [0.15, 0.2) is 18.2 Å². The van der Waals surface area contributed by atoms with Crippen molar-refractivity contribution < 1.29 is 0 Å². The number of hydrogen-bond acceptors (Lipinski definition) is 2. The monoisotopic (exact) mass is 246 g/mol. The molecule has 2 heteroatoms. The molecule has 0 amide bonds. The number of hydrogen-bond donors (Lipinski definition) is 1. The van der Waals surface area contributed by atoms with Crippen LogP contribution in [0.3, 0.4) is 0 Å². The van der Waals surface area contributed by atoms with Crippen molar-refractivity contribution in [1.82, 2.24) is 10.2 Å². The van der Waals surface area contributed by atoms with Gasteiger partial charge in [0.05, 0.1) is 0 Å². The SMILES string of the molecule is CCC(C)(C)N(C)Cc1ccc2c(c1)CNCC2. The maximum atomic E-state index is 3.45. The van der Waals surface area contributed by atoms with E-state index in [0.717, 1.165) is 19.6 Å². The molecule has 0 radical (unpaired) electrons. The Morgan fingerprint density at radius 3 is 2.78 bits per heavy atom. The molecule has 0 saturated carbocycles. The van der Waals surface area contributed by atoms with Gasteiger partial charge >= 0.3 is 0 Å². The lowest BCUT2D eigenvalue weighted by Crippen LogP contribution is -2.39. The Balaban J connectivity index is 2.10. The van der Waals surface area contributed by atoms with E-state index in [1.807, 2.05) is 0 Å². The van der Waals surface area contributed by atoms with E-state index >= 15 is 0 Å². The number of fused-ring (bicyclic) bond motifs is 1. The molecule has 0 atom stereocenters. The second-order valence-corrected chi connectivity index (χ2v) is 6.05. The molecular formula is C16H26N2. The van der Waals surface area contributed by atoms with Crippen LogP contribution in [0.4, 0.5) is 0 Å². The van der Waals surface area contributed by atoms with Gasteiger partial charge in [0.15, 0.2) is 0 Å². The van der Waals surface area contributed by atoms with Gasteiger partial charge in [-0.05, 0) is 57.0 Å². The molecule has 0 bridgehead atoms. The maximum absolute atomic E-state index is 3.45. The summed E-state index contributed by atoms with van der Waals surface area (Å²) < 4.78 is 0. The summed E-state index contributed by atoms with van der Waals surface area (Å²) in [4.78, 5) is 2.45. The molecule has 2 rings (SSSR count). The highest BCUT2D eigenvalue weighted by atomic mass is 15.2. The molecule has 1 aliphatic heterocycles. The van der Waals surface area contributed by atoms with Crippen molar-refractivity contribution in [2.45, 2.75) is 52.2 Å². The molecule has 100 valence electrons. The Kier molecular flexibility index (Phi) is 4.08. The molecule has 0 saturated heterocycles. The third kappa shape index (κ3) is 2.93. The number of nitrogens with zero attached hydrogens (tertiary/aromatic N) is 1. The largest absolute Gasteiger partial charge is 0.312 e. The van der Waals surface area contributed by atoms with E-state index in [1.54, 1.807) is 0 Å². The van der Waals surface area contributed by atoms with E-state index < -0.39 is 0 Å². The van der Waals surface area contributed by atoms with Gasteiger partial charge in [-0.1, -0.05) is 25.1 Å². The highest BCUT2D eigenvalue weighted by Crippen LogP contribution is 2.21. The molecule has 1 aliphatic rings. The third-order valence-electron chi connectivity index (χ3n) is 4.48. The zero-order chi connectivity index (χ0) is 13.2. The fourth-order valence-electron chi connectivity index (χ4n) is 2.39. The zero-order valence-corrected chi connectivity index (χ0v) is 12.2. The van der Waals surface area contributed by atoms with Crippen molar-refractivity contribution in [1.29, 1.82) is 0 Å². The molecule has 0 fully saturated rings. The van der Waals surface area contributed by atoms with Gasteiger partial charge in [0.25, 0.3) is 0 Å². The summed E-state index contributed by atoms with van der Waals surface area (Å²) in [6, 6.07) is 6.99. The smallest absolute Gasteiger partial charge is 0.0236 e. The van der Waals surface area contributed by atoms with E-state index in [1.165, 1.54) is 29.5 Å². The van der Waals surface area contributed by atoms with Crippen LogP contribution in [-0.4, -0.2) is 24.0 Å². The van der Waals surface area contributed by atoms with E-state index in [2.05, 4.69) is 56.2 Å². The number of nitrogens with one attached hydrogen (secondary N) is 1. The summed E-state index contributed by atoms with van der Waals surface area (Å²) in [7, 11) is 2.22. The fourth-order valence-corrected chi connectivity index (χ4v) is 2.39. The minimum atomic E-state index is 0.272. The summed E-state index contributed by atoms with van der Waals surface area (Å²) in [6.45, 7) is 10.1. The molecule has 1 heterocycles. The van der Waals surface area contributed by atoms with Gasteiger partial charge in [-0.2, -0.15) is 0 Å². The summed E-state index contributed by atoms with van der Waals surface area (Å²) in [5.74, 6) is 0. The van der Waals surface area contributed by atoms with Crippen LogP contribution in [0, 0.1) is 0 Å². The average molecular weight is 246 g/mol. The van der Waals surface area contributed by atoms with Gasteiger partial charge in [0.2, 0.25) is 0 Å². The molecular weight excluding hydrogens is 220 g/mol. The Bertz CT molecular complexity index is 410. The van der Waals surface area contributed by atoms with E-state index in [-0.39, 0.29) is 5.54 Å². The Hall–Kier alpha value is -0.860. The lowest BCUT2D eigenvalue weighted by molar-refractivity contribution is 0.143. The summed E-state index contributed by atoms with van der Waals surface area (Å²) in [5.41, 5.74) is 4.71. The van der Waals surface area contributed by atoms with E-state index in [4.69, 9.17) is 0 Å². The van der Waals surface area contributed by atoms with Crippen LogP contribution < -0.4 is 5.32 Å². The standard InChI is InChI=1S/C16H26N2/c1-5-16(2,3)18(4)12-13-6-7-14-8-9-17-11-15(14)10-13/h6-7,10,17H,5,8-9,11-12H2,1-4H3. The van der Waals surface area contributed by atoms with Gasteiger partial charge in [-0.25, -0.2) is 0 Å². The Labute approximate surface area is 111 Å².